The number of nitrogens with zero attached hydrogens (tertiary/aromatic N) is 1. The van der Waals surface area contributed by atoms with E-state index in [1.165, 1.54) is 17.0 Å². The first-order valence-corrected chi connectivity index (χ1v) is 6.58. The quantitative estimate of drug-likeness (QED) is 0.812. The molecule has 0 fully saturated rings. The average Bonchev–Trinajstić information content (AvgIpc) is 2.40. The van der Waals surface area contributed by atoms with Crippen LogP contribution in [0.25, 0.3) is 0 Å². The second-order valence-corrected chi connectivity index (χ2v) is 5.11. The summed E-state index contributed by atoms with van der Waals surface area (Å²) in [7, 11) is 1.64. The van der Waals surface area contributed by atoms with Gasteiger partial charge in [0.1, 0.15) is 5.82 Å². The summed E-state index contributed by atoms with van der Waals surface area (Å²) in [6.45, 7) is 1.87. The van der Waals surface area contributed by atoms with Crippen molar-refractivity contribution in [2.45, 2.75) is 6.92 Å². The number of anilines is 1. The maximum absolute atomic E-state index is 13.2. The van der Waals surface area contributed by atoms with E-state index in [1.807, 2.05) is 19.1 Å². The first kappa shape index (κ1) is 13.7. The standard InChI is InChI=1S/C15H13BrFNO/c1-10-13(7-4-8-14(10)16)15(19)18(2)12-6-3-5-11(17)9-12/h3-9H,1-2H3. The Hall–Kier alpha value is -1.68. The molecule has 2 nitrogen and oxygen atoms in total. The summed E-state index contributed by atoms with van der Waals surface area (Å²) in [5.41, 5.74) is 2.00. The molecule has 0 atom stereocenters. The van der Waals surface area contributed by atoms with E-state index >= 15 is 0 Å². The summed E-state index contributed by atoms with van der Waals surface area (Å²) >= 11 is 3.40. The molecule has 0 spiro atoms. The highest BCUT2D eigenvalue weighted by Gasteiger charge is 2.16. The highest BCUT2D eigenvalue weighted by atomic mass is 79.9. The summed E-state index contributed by atoms with van der Waals surface area (Å²) in [5.74, 6) is -0.521. The Morgan fingerprint density at radius 2 is 1.89 bits per heavy atom. The van der Waals surface area contributed by atoms with Crippen LogP contribution in [-0.2, 0) is 0 Å². The number of hydrogen-bond acceptors (Lipinski definition) is 1. The molecule has 0 saturated heterocycles. The number of carbonyl (C=O) groups excluding carboxylic acids is 1. The molecular formula is C15H13BrFNO. The van der Waals surface area contributed by atoms with Crippen molar-refractivity contribution in [3.8, 4) is 0 Å². The topological polar surface area (TPSA) is 20.3 Å². The molecule has 2 aromatic carbocycles. The van der Waals surface area contributed by atoms with Gasteiger partial charge in [-0.25, -0.2) is 4.39 Å². The molecule has 4 heteroatoms. The summed E-state index contributed by atoms with van der Waals surface area (Å²) in [4.78, 5) is 13.9. The predicted molar refractivity (Wildman–Crippen MR) is 78.0 cm³/mol. The van der Waals surface area contributed by atoms with Gasteiger partial charge in [0.2, 0.25) is 0 Å². The summed E-state index contributed by atoms with van der Waals surface area (Å²) in [6, 6.07) is 11.4. The molecule has 2 aromatic rings. The third-order valence-corrected chi connectivity index (χ3v) is 3.86. The molecule has 19 heavy (non-hydrogen) atoms. The largest absolute Gasteiger partial charge is 0.311 e. The van der Waals surface area contributed by atoms with E-state index in [1.54, 1.807) is 25.2 Å². The zero-order chi connectivity index (χ0) is 14.0. The highest BCUT2D eigenvalue weighted by molar-refractivity contribution is 9.10. The van der Waals surface area contributed by atoms with Gasteiger partial charge in [-0.1, -0.05) is 28.1 Å². The van der Waals surface area contributed by atoms with Gasteiger partial charge in [-0.3, -0.25) is 4.79 Å². The van der Waals surface area contributed by atoms with Gasteiger partial charge in [0.15, 0.2) is 0 Å². The number of carbonyl (C=O) groups is 1. The normalized spacial score (nSPS) is 10.3. The Bertz CT molecular complexity index is 627. The van der Waals surface area contributed by atoms with E-state index in [0.29, 0.717) is 11.3 Å². The summed E-state index contributed by atoms with van der Waals surface area (Å²) in [6.07, 6.45) is 0. The minimum Gasteiger partial charge on any atom is -0.311 e. The fourth-order valence-electron chi connectivity index (χ4n) is 1.82. The molecule has 0 bridgehead atoms. The van der Waals surface area contributed by atoms with Gasteiger partial charge in [0.25, 0.3) is 5.91 Å². The van der Waals surface area contributed by atoms with Crippen molar-refractivity contribution < 1.29 is 9.18 Å². The highest BCUT2D eigenvalue weighted by Crippen LogP contribution is 2.23. The molecule has 0 radical (unpaired) electrons. The Labute approximate surface area is 120 Å². The smallest absolute Gasteiger partial charge is 0.258 e. The van der Waals surface area contributed by atoms with Crippen molar-refractivity contribution in [1.82, 2.24) is 0 Å². The van der Waals surface area contributed by atoms with Crippen LogP contribution in [-0.4, -0.2) is 13.0 Å². The number of benzene rings is 2. The second-order valence-electron chi connectivity index (χ2n) is 4.26. The van der Waals surface area contributed by atoms with Gasteiger partial charge in [-0.15, -0.1) is 0 Å². The Balaban J connectivity index is 2.36. The molecule has 0 aliphatic carbocycles. The van der Waals surface area contributed by atoms with Crippen LogP contribution >= 0.6 is 15.9 Å². The predicted octanol–water partition coefficient (Wildman–Crippen LogP) is 4.17. The molecule has 0 aromatic heterocycles. The van der Waals surface area contributed by atoms with E-state index in [0.717, 1.165) is 10.0 Å². The van der Waals surface area contributed by atoms with Crippen molar-refractivity contribution >= 4 is 27.5 Å². The van der Waals surface area contributed by atoms with Crippen LogP contribution in [0.15, 0.2) is 46.9 Å². The lowest BCUT2D eigenvalue weighted by Gasteiger charge is -2.19. The molecular weight excluding hydrogens is 309 g/mol. The molecule has 0 N–H and O–H groups in total. The Morgan fingerprint density at radius 3 is 2.58 bits per heavy atom. The fraction of sp³-hybridized carbons (Fsp3) is 0.133. The average molecular weight is 322 g/mol. The van der Waals surface area contributed by atoms with Crippen LogP contribution in [0.4, 0.5) is 10.1 Å². The lowest BCUT2D eigenvalue weighted by atomic mass is 10.1. The first-order valence-electron chi connectivity index (χ1n) is 5.79. The molecule has 0 aliphatic rings. The number of amides is 1. The van der Waals surface area contributed by atoms with Crippen LogP contribution in [0.2, 0.25) is 0 Å². The van der Waals surface area contributed by atoms with Crippen molar-refractivity contribution in [3.63, 3.8) is 0 Å². The van der Waals surface area contributed by atoms with Gasteiger partial charge >= 0.3 is 0 Å². The molecule has 0 unspecified atom stereocenters. The van der Waals surface area contributed by atoms with E-state index in [2.05, 4.69) is 15.9 Å². The van der Waals surface area contributed by atoms with E-state index in [-0.39, 0.29) is 11.7 Å². The maximum atomic E-state index is 13.2. The van der Waals surface area contributed by atoms with Gasteiger partial charge < -0.3 is 4.90 Å². The van der Waals surface area contributed by atoms with Gasteiger partial charge in [0, 0.05) is 22.8 Å². The van der Waals surface area contributed by atoms with Crippen LogP contribution in [0.1, 0.15) is 15.9 Å². The van der Waals surface area contributed by atoms with Crippen LogP contribution in [0.5, 0.6) is 0 Å². The number of rotatable bonds is 2. The number of halogens is 2. The van der Waals surface area contributed by atoms with Gasteiger partial charge in [0.05, 0.1) is 0 Å². The SMILES string of the molecule is Cc1c(Br)cccc1C(=O)N(C)c1cccc(F)c1. The number of hydrogen-bond donors (Lipinski definition) is 0. The molecule has 1 amide bonds. The fourth-order valence-corrected chi connectivity index (χ4v) is 2.19. The Kier molecular flexibility index (Phi) is 4.00. The van der Waals surface area contributed by atoms with E-state index in [4.69, 9.17) is 0 Å². The summed E-state index contributed by atoms with van der Waals surface area (Å²) in [5, 5.41) is 0. The van der Waals surface area contributed by atoms with Crippen molar-refractivity contribution in [2.24, 2.45) is 0 Å². The zero-order valence-corrected chi connectivity index (χ0v) is 12.2. The minimum absolute atomic E-state index is 0.163. The third-order valence-electron chi connectivity index (χ3n) is 3.00. The van der Waals surface area contributed by atoms with Crippen molar-refractivity contribution in [1.29, 1.82) is 0 Å². The monoisotopic (exact) mass is 321 g/mol. The zero-order valence-electron chi connectivity index (χ0n) is 10.7. The van der Waals surface area contributed by atoms with Crippen LogP contribution in [0, 0.1) is 12.7 Å². The Morgan fingerprint density at radius 1 is 1.21 bits per heavy atom. The molecule has 0 aliphatic heterocycles. The molecule has 2 rings (SSSR count). The van der Waals surface area contributed by atoms with Gasteiger partial charge in [-0.05, 0) is 42.8 Å². The molecule has 98 valence electrons. The third kappa shape index (κ3) is 2.84. The maximum Gasteiger partial charge on any atom is 0.258 e. The van der Waals surface area contributed by atoms with Gasteiger partial charge in [-0.2, -0.15) is 0 Å². The summed E-state index contributed by atoms with van der Waals surface area (Å²) < 4.78 is 14.1. The minimum atomic E-state index is -0.358. The molecule has 0 heterocycles. The van der Waals surface area contributed by atoms with E-state index < -0.39 is 0 Å². The van der Waals surface area contributed by atoms with E-state index in [9.17, 15) is 9.18 Å². The van der Waals surface area contributed by atoms with Crippen LogP contribution < -0.4 is 4.90 Å². The van der Waals surface area contributed by atoms with Crippen molar-refractivity contribution in [2.75, 3.05) is 11.9 Å². The molecule has 0 saturated carbocycles. The first-order chi connectivity index (χ1) is 9.00. The second kappa shape index (κ2) is 5.53. The lowest BCUT2D eigenvalue weighted by molar-refractivity contribution is 0.0992. The van der Waals surface area contributed by atoms with Crippen LogP contribution in [0.3, 0.4) is 0 Å². The van der Waals surface area contributed by atoms with Crippen molar-refractivity contribution in [3.05, 3.63) is 63.9 Å². The lowest BCUT2D eigenvalue weighted by Crippen LogP contribution is -2.27.